The standard InChI is InChI=1S/C18H12F2N2OS/c19-14-5-1-12(2-6-14)16-9-10-18(22-21-16)24-11-17(23)13-3-7-15(20)8-4-13/h1-10H,11H2. The average Bonchev–Trinajstić information content (AvgIpc) is 2.61. The number of halogens is 2. The van der Waals surface area contributed by atoms with Crippen molar-refractivity contribution in [3.05, 3.63) is 77.9 Å². The lowest BCUT2D eigenvalue weighted by atomic mass is 10.1. The first-order chi connectivity index (χ1) is 11.6. The molecule has 0 spiro atoms. The second kappa shape index (κ2) is 7.31. The van der Waals surface area contributed by atoms with Crippen LogP contribution in [0.3, 0.4) is 0 Å². The minimum absolute atomic E-state index is 0.107. The predicted octanol–water partition coefficient (Wildman–Crippen LogP) is 4.40. The Balaban J connectivity index is 1.63. The summed E-state index contributed by atoms with van der Waals surface area (Å²) in [7, 11) is 0. The number of Topliss-reactive ketones (excluding diaryl/α,β-unsaturated/α-hetero) is 1. The van der Waals surface area contributed by atoms with Crippen molar-refractivity contribution in [1.29, 1.82) is 0 Å². The molecular formula is C18H12F2N2OS. The molecule has 1 heterocycles. The van der Waals surface area contributed by atoms with Crippen molar-refractivity contribution in [3.63, 3.8) is 0 Å². The van der Waals surface area contributed by atoms with E-state index in [1.165, 1.54) is 48.2 Å². The van der Waals surface area contributed by atoms with Gasteiger partial charge in [-0.1, -0.05) is 11.8 Å². The van der Waals surface area contributed by atoms with E-state index in [1.807, 2.05) is 0 Å². The SMILES string of the molecule is O=C(CSc1ccc(-c2ccc(F)cc2)nn1)c1ccc(F)cc1. The summed E-state index contributed by atoms with van der Waals surface area (Å²) in [5.74, 6) is -0.597. The van der Waals surface area contributed by atoms with Gasteiger partial charge in [0.15, 0.2) is 5.78 Å². The Kier molecular flexibility index (Phi) is 4.96. The van der Waals surface area contributed by atoms with Crippen LogP contribution in [-0.4, -0.2) is 21.7 Å². The van der Waals surface area contributed by atoms with Crippen LogP contribution in [0.2, 0.25) is 0 Å². The fourth-order valence-corrected chi connectivity index (χ4v) is 2.74. The molecule has 0 radical (unpaired) electrons. The summed E-state index contributed by atoms with van der Waals surface area (Å²) in [6, 6.07) is 14.9. The van der Waals surface area contributed by atoms with Crippen molar-refractivity contribution in [1.82, 2.24) is 10.2 Å². The minimum Gasteiger partial charge on any atom is -0.293 e. The van der Waals surface area contributed by atoms with Crippen LogP contribution in [0.15, 0.2) is 65.7 Å². The van der Waals surface area contributed by atoms with Gasteiger partial charge < -0.3 is 0 Å². The van der Waals surface area contributed by atoms with E-state index < -0.39 is 0 Å². The largest absolute Gasteiger partial charge is 0.293 e. The molecule has 0 fully saturated rings. The number of carbonyl (C=O) groups excluding carboxylic acids is 1. The van der Waals surface area contributed by atoms with Gasteiger partial charge in [0.25, 0.3) is 0 Å². The quantitative estimate of drug-likeness (QED) is 0.509. The maximum absolute atomic E-state index is 12.9. The van der Waals surface area contributed by atoms with Crippen molar-refractivity contribution in [2.45, 2.75) is 5.03 Å². The summed E-state index contributed by atoms with van der Waals surface area (Å²) in [6.07, 6.45) is 0. The Morgan fingerprint density at radius 2 is 1.46 bits per heavy atom. The summed E-state index contributed by atoms with van der Waals surface area (Å²) in [4.78, 5) is 12.0. The number of carbonyl (C=O) groups is 1. The van der Waals surface area contributed by atoms with E-state index in [2.05, 4.69) is 10.2 Å². The monoisotopic (exact) mass is 342 g/mol. The third-order valence-corrected chi connectivity index (χ3v) is 4.22. The number of hydrogen-bond acceptors (Lipinski definition) is 4. The zero-order chi connectivity index (χ0) is 16.9. The molecule has 0 atom stereocenters. The fourth-order valence-electron chi connectivity index (χ4n) is 2.03. The summed E-state index contributed by atoms with van der Waals surface area (Å²) in [5.41, 5.74) is 1.85. The highest BCUT2D eigenvalue weighted by Gasteiger charge is 2.08. The summed E-state index contributed by atoms with van der Waals surface area (Å²) < 4.78 is 25.8. The Hall–Kier alpha value is -2.60. The summed E-state index contributed by atoms with van der Waals surface area (Å²) >= 11 is 1.26. The lowest BCUT2D eigenvalue weighted by Crippen LogP contribution is -2.02. The number of aromatic nitrogens is 2. The molecule has 0 amide bonds. The lowest BCUT2D eigenvalue weighted by Gasteiger charge is -2.03. The molecule has 24 heavy (non-hydrogen) atoms. The molecule has 3 aromatic rings. The fraction of sp³-hybridized carbons (Fsp3) is 0.0556. The molecule has 3 rings (SSSR count). The zero-order valence-corrected chi connectivity index (χ0v) is 13.3. The molecular weight excluding hydrogens is 330 g/mol. The smallest absolute Gasteiger partial charge is 0.173 e. The predicted molar refractivity (Wildman–Crippen MR) is 88.9 cm³/mol. The number of ketones is 1. The number of hydrogen-bond donors (Lipinski definition) is 0. The van der Waals surface area contributed by atoms with Gasteiger partial charge in [0.05, 0.1) is 11.4 Å². The first-order valence-electron chi connectivity index (χ1n) is 7.13. The molecule has 0 unspecified atom stereocenters. The second-order valence-corrected chi connectivity index (χ2v) is 5.98. The normalized spacial score (nSPS) is 10.6. The molecule has 6 heteroatoms. The van der Waals surface area contributed by atoms with Gasteiger partial charge in [-0.15, -0.1) is 10.2 Å². The van der Waals surface area contributed by atoms with Crippen LogP contribution in [0.5, 0.6) is 0 Å². The zero-order valence-electron chi connectivity index (χ0n) is 12.4. The molecule has 120 valence electrons. The third-order valence-electron chi connectivity index (χ3n) is 3.30. The molecule has 0 saturated heterocycles. The molecule has 0 N–H and O–H groups in total. The van der Waals surface area contributed by atoms with Crippen molar-refractivity contribution in [3.8, 4) is 11.3 Å². The first kappa shape index (κ1) is 16.3. The van der Waals surface area contributed by atoms with E-state index in [0.29, 0.717) is 16.3 Å². The Morgan fingerprint density at radius 3 is 2.04 bits per heavy atom. The van der Waals surface area contributed by atoms with E-state index in [4.69, 9.17) is 0 Å². The number of rotatable bonds is 5. The van der Waals surface area contributed by atoms with Crippen LogP contribution in [0.4, 0.5) is 8.78 Å². The van der Waals surface area contributed by atoms with Crippen molar-refractivity contribution in [2.75, 3.05) is 5.75 Å². The summed E-state index contributed by atoms with van der Waals surface area (Å²) in [5, 5.41) is 8.76. The van der Waals surface area contributed by atoms with E-state index in [1.54, 1.807) is 24.3 Å². The van der Waals surface area contributed by atoms with Gasteiger partial charge in [0.1, 0.15) is 16.7 Å². The van der Waals surface area contributed by atoms with Gasteiger partial charge in [-0.05, 0) is 60.7 Å². The second-order valence-electron chi connectivity index (χ2n) is 4.98. The molecule has 0 aliphatic heterocycles. The Morgan fingerprint density at radius 1 is 0.833 bits per heavy atom. The van der Waals surface area contributed by atoms with Crippen LogP contribution in [0.1, 0.15) is 10.4 Å². The summed E-state index contributed by atoms with van der Waals surface area (Å²) in [6.45, 7) is 0. The minimum atomic E-state index is -0.374. The van der Waals surface area contributed by atoms with E-state index in [0.717, 1.165) is 5.56 Å². The van der Waals surface area contributed by atoms with Crippen molar-refractivity contribution >= 4 is 17.5 Å². The highest BCUT2D eigenvalue weighted by atomic mass is 32.2. The highest BCUT2D eigenvalue weighted by Crippen LogP contribution is 2.21. The lowest BCUT2D eigenvalue weighted by molar-refractivity contribution is 0.102. The highest BCUT2D eigenvalue weighted by molar-refractivity contribution is 7.99. The van der Waals surface area contributed by atoms with Gasteiger partial charge in [0, 0.05) is 11.1 Å². The van der Waals surface area contributed by atoms with Gasteiger partial charge in [-0.2, -0.15) is 0 Å². The van der Waals surface area contributed by atoms with Crippen LogP contribution in [-0.2, 0) is 0 Å². The van der Waals surface area contributed by atoms with Crippen molar-refractivity contribution in [2.24, 2.45) is 0 Å². The van der Waals surface area contributed by atoms with E-state index in [9.17, 15) is 13.6 Å². The van der Waals surface area contributed by atoms with Gasteiger partial charge >= 0.3 is 0 Å². The molecule has 3 nitrogen and oxygen atoms in total. The molecule has 0 aliphatic carbocycles. The molecule has 2 aromatic carbocycles. The molecule has 0 saturated carbocycles. The molecule has 0 aliphatic rings. The van der Waals surface area contributed by atoms with Crippen LogP contribution in [0, 0.1) is 11.6 Å². The van der Waals surface area contributed by atoms with E-state index in [-0.39, 0.29) is 23.2 Å². The molecule has 0 bridgehead atoms. The maximum Gasteiger partial charge on any atom is 0.173 e. The number of nitrogens with zero attached hydrogens (tertiary/aromatic N) is 2. The van der Waals surface area contributed by atoms with Gasteiger partial charge in [0.2, 0.25) is 0 Å². The van der Waals surface area contributed by atoms with Crippen LogP contribution in [0.25, 0.3) is 11.3 Å². The maximum atomic E-state index is 12.9. The number of benzene rings is 2. The van der Waals surface area contributed by atoms with Gasteiger partial charge in [-0.3, -0.25) is 4.79 Å². The van der Waals surface area contributed by atoms with E-state index >= 15 is 0 Å². The average molecular weight is 342 g/mol. The van der Waals surface area contributed by atoms with Crippen molar-refractivity contribution < 1.29 is 13.6 Å². The first-order valence-corrected chi connectivity index (χ1v) is 8.11. The third kappa shape index (κ3) is 4.02. The Bertz CT molecular complexity index is 834. The van der Waals surface area contributed by atoms with Crippen LogP contribution >= 0.6 is 11.8 Å². The molecule has 1 aromatic heterocycles. The Labute approximate surface area is 141 Å². The topological polar surface area (TPSA) is 42.9 Å². The van der Waals surface area contributed by atoms with Gasteiger partial charge in [-0.25, -0.2) is 8.78 Å². The van der Waals surface area contributed by atoms with Crippen LogP contribution < -0.4 is 0 Å². The number of thioether (sulfide) groups is 1.